The number of benzene rings is 1. The summed E-state index contributed by atoms with van der Waals surface area (Å²) in [7, 11) is 0. The summed E-state index contributed by atoms with van der Waals surface area (Å²) in [5.74, 6) is 0.808. The van der Waals surface area contributed by atoms with Crippen LogP contribution in [0.25, 0.3) is 5.76 Å². The molecule has 2 heterocycles. The van der Waals surface area contributed by atoms with Crippen molar-refractivity contribution in [3.63, 3.8) is 0 Å². The van der Waals surface area contributed by atoms with Gasteiger partial charge in [-0.05, 0) is 17.5 Å². The normalized spacial score (nSPS) is 22.5. The third-order valence-electron chi connectivity index (χ3n) is 3.19. The molecule has 15 heavy (non-hydrogen) atoms. The van der Waals surface area contributed by atoms with Crippen molar-refractivity contribution in [1.82, 2.24) is 0 Å². The van der Waals surface area contributed by atoms with E-state index in [9.17, 15) is 0 Å². The lowest BCUT2D eigenvalue weighted by Crippen LogP contribution is -1.98. The zero-order chi connectivity index (χ0) is 10.4. The fourth-order valence-corrected chi connectivity index (χ4v) is 2.32. The lowest BCUT2D eigenvalue weighted by atomic mass is 9.94. The minimum atomic E-state index is 0.333. The molecule has 78 valence electrons. The highest BCUT2D eigenvalue weighted by atomic mass is 16.6. The van der Waals surface area contributed by atoms with Crippen LogP contribution in [0.2, 0.25) is 0 Å². The molecule has 2 aliphatic rings. The summed E-state index contributed by atoms with van der Waals surface area (Å²) < 4.78 is 10.8. The van der Waals surface area contributed by atoms with Crippen molar-refractivity contribution in [3.8, 4) is 0 Å². The minimum Gasteiger partial charge on any atom is -0.489 e. The zero-order valence-corrected chi connectivity index (χ0v) is 8.88. The second kappa shape index (κ2) is 3.11. The van der Waals surface area contributed by atoms with Crippen LogP contribution >= 0.6 is 0 Å². The first-order valence-electron chi connectivity index (χ1n) is 5.39. The average Bonchev–Trinajstić information content (AvgIpc) is 3.03. The third-order valence-corrected chi connectivity index (χ3v) is 3.19. The monoisotopic (exact) mass is 202 g/mol. The lowest BCUT2D eigenvalue weighted by Gasteiger charge is -2.09. The molecular formula is C13H14O2. The van der Waals surface area contributed by atoms with Gasteiger partial charge >= 0.3 is 0 Å². The van der Waals surface area contributed by atoms with Crippen molar-refractivity contribution < 1.29 is 9.47 Å². The zero-order valence-electron chi connectivity index (χ0n) is 8.88. The fourth-order valence-electron chi connectivity index (χ4n) is 2.32. The summed E-state index contributed by atoms with van der Waals surface area (Å²) in [5, 5.41) is 0. The minimum absolute atomic E-state index is 0.333. The smallest absolute Gasteiger partial charge is 0.120 e. The number of ether oxygens (including phenoxy) is 2. The largest absolute Gasteiger partial charge is 0.489 e. The highest BCUT2D eigenvalue weighted by Crippen LogP contribution is 2.39. The van der Waals surface area contributed by atoms with Crippen molar-refractivity contribution in [1.29, 1.82) is 0 Å². The van der Waals surface area contributed by atoms with Gasteiger partial charge in [0.1, 0.15) is 18.5 Å². The maximum Gasteiger partial charge on any atom is 0.120 e. The quantitative estimate of drug-likeness (QED) is 0.688. The van der Waals surface area contributed by atoms with Crippen molar-refractivity contribution >= 4 is 5.76 Å². The van der Waals surface area contributed by atoms with Gasteiger partial charge in [-0.2, -0.15) is 0 Å². The van der Waals surface area contributed by atoms with Crippen molar-refractivity contribution in [2.75, 3.05) is 6.61 Å². The van der Waals surface area contributed by atoms with Crippen LogP contribution in [0.3, 0.4) is 0 Å². The maximum atomic E-state index is 5.49. The molecule has 1 unspecified atom stereocenters. The van der Waals surface area contributed by atoms with E-state index in [1.54, 1.807) is 0 Å². The van der Waals surface area contributed by atoms with Gasteiger partial charge in [0.2, 0.25) is 0 Å². The Kier molecular flexibility index (Phi) is 1.86. The van der Waals surface area contributed by atoms with Crippen LogP contribution < -0.4 is 0 Å². The first-order chi connectivity index (χ1) is 7.31. The predicted octanol–water partition coefficient (Wildman–Crippen LogP) is 2.82. The predicted molar refractivity (Wildman–Crippen MR) is 58.3 cm³/mol. The third kappa shape index (κ3) is 1.29. The first-order valence-corrected chi connectivity index (χ1v) is 5.39. The molecule has 1 fully saturated rings. The van der Waals surface area contributed by atoms with Gasteiger partial charge < -0.3 is 9.47 Å². The number of epoxide rings is 1. The van der Waals surface area contributed by atoms with E-state index in [4.69, 9.17) is 9.47 Å². The van der Waals surface area contributed by atoms with E-state index < -0.39 is 0 Å². The van der Waals surface area contributed by atoms with Gasteiger partial charge in [0, 0.05) is 11.1 Å². The Hall–Kier alpha value is -1.28. The molecule has 1 atom stereocenters. The lowest BCUT2D eigenvalue weighted by molar-refractivity contribution is 0.285. The van der Waals surface area contributed by atoms with E-state index in [1.165, 1.54) is 22.3 Å². The highest BCUT2D eigenvalue weighted by Gasteiger charge is 2.30. The highest BCUT2D eigenvalue weighted by molar-refractivity contribution is 5.67. The Morgan fingerprint density at radius 3 is 2.93 bits per heavy atom. The van der Waals surface area contributed by atoms with E-state index in [-0.39, 0.29) is 0 Å². The molecule has 3 rings (SSSR count). The molecule has 1 saturated heterocycles. The summed E-state index contributed by atoms with van der Waals surface area (Å²) in [6, 6.07) is 4.27. The second-order valence-corrected chi connectivity index (χ2v) is 4.05. The van der Waals surface area contributed by atoms with E-state index in [0.29, 0.717) is 12.7 Å². The average molecular weight is 202 g/mol. The van der Waals surface area contributed by atoms with Gasteiger partial charge in [-0.3, -0.25) is 0 Å². The van der Waals surface area contributed by atoms with Gasteiger partial charge in [-0.15, -0.1) is 0 Å². The van der Waals surface area contributed by atoms with Gasteiger partial charge in [-0.25, -0.2) is 0 Å². The van der Waals surface area contributed by atoms with Gasteiger partial charge in [0.25, 0.3) is 0 Å². The second-order valence-electron chi connectivity index (χ2n) is 4.05. The number of fused-ring (bicyclic) bond motifs is 1. The van der Waals surface area contributed by atoms with Crippen LogP contribution in [0.15, 0.2) is 18.7 Å². The molecule has 2 nitrogen and oxygen atoms in total. The van der Waals surface area contributed by atoms with E-state index in [0.717, 1.165) is 18.8 Å². The fraction of sp³-hybridized carbons (Fsp3) is 0.385. The first kappa shape index (κ1) is 8.98. The van der Waals surface area contributed by atoms with Crippen LogP contribution in [0.1, 0.15) is 35.3 Å². The molecule has 1 aromatic carbocycles. The SMILES string of the molecule is C=C1OCc2c1ccc(C1CO1)c2CC. The Morgan fingerprint density at radius 2 is 2.27 bits per heavy atom. The van der Waals surface area contributed by atoms with Crippen LogP contribution in [0.4, 0.5) is 0 Å². The Bertz CT molecular complexity index is 430. The summed E-state index contributed by atoms with van der Waals surface area (Å²) in [6.45, 7) is 7.64. The summed E-state index contributed by atoms with van der Waals surface area (Å²) >= 11 is 0. The molecule has 0 aliphatic carbocycles. The van der Waals surface area contributed by atoms with Crippen LogP contribution in [0.5, 0.6) is 0 Å². The molecule has 0 aromatic heterocycles. The molecule has 0 saturated carbocycles. The molecule has 2 aliphatic heterocycles. The van der Waals surface area contributed by atoms with Crippen LogP contribution in [-0.4, -0.2) is 6.61 Å². The molecule has 0 amide bonds. The maximum absolute atomic E-state index is 5.49. The topological polar surface area (TPSA) is 21.8 Å². The van der Waals surface area contributed by atoms with Gasteiger partial charge in [0.15, 0.2) is 0 Å². The number of hydrogen-bond acceptors (Lipinski definition) is 2. The molecule has 1 aromatic rings. The molecule has 0 N–H and O–H groups in total. The van der Waals surface area contributed by atoms with Gasteiger partial charge in [-0.1, -0.05) is 25.6 Å². The van der Waals surface area contributed by atoms with E-state index in [1.807, 2.05) is 0 Å². The number of hydrogen-bond donors (Lipinski definition) is 0. The molecule has 0 bridgehead atoms. The van der Waals surface area contributed by atoms with E-state index in [2.05, 4.69) is 25.6 Å². The summed E-state index contributed by atoms with van der Waals surface area (Å²) in [5.41, 5.74) is 5.23. The molecule has 0 radical (unpaired) electrons. The number of rotatable bonds is 2. The Labute approximate surface area is 89.5 Å². The standard InChI is InChI=1S/C13H14O2/c1-3-9-11(13-7-15-13)5-4-10-8(2)14-6-12(9)10/h4-5,13H,2-3,6-7H2,1H3. The molecule has 2 heteroatoms. The Morgan fingerprint density at radius 1 is 1.47 bits per heavy atom. The van der Waals surface area contributed by atoms with Crippen molar-refractivity contribution in [2.24, 2.45) is 0 Å². The van der Waals surface area contributed by atoms with E-state index >= 15 is 0 Å². The van der Waals surface area contributed by atoms with Crippen molar-refractivity contribution in [3.05, 3.63) is 41.0 Å². The summed E-state index contributed by atoms with van der Waals surface area (Å²) in [6.07, 6.45) is 1.37. The summed E-state index contributed by atoms with van der Waals surface area (Å²) in [4.78, 5) is 0. The Balaban J connectivity index is 2.16. The van der Waals surface area contributed by atoms with Crippen molar-refractivity contribution in [2.45, 2.75) is 26.1 Å². The molecule has 0 spiro atoms. The van der Waals surface area contributed by atoms with Gasteiger partial charge in [0.05, 0.1) is 6.61 Å². The molecular weight excluding hydrogens is 188 g/mol. The van der Waals surface area contributed by atoms with Crippen LogP contribution in [0, 0.1) is 0 Å². The van der Waals surface area contributed by atoms with Crippen LogP contribution in [-0.2, 0) is 22.5 Å².